The number of rotatable bonds is 6. The van der Waals surface area contributed by atoms with Crippen molar-refractivity contribution in [2.75, 3.05) is 5.32 Å². The van der Waals surface area contributed by atoms with Crippen molar-refractivity contribution in [2.24, 2.45) is 0 Å². The number of hydrogen-bond acceptors (Lipinski definition) is 5. The van der Waals surface area contributed by atoms with Gasteiger partial charge < -0.3 is 5.32 Å². The van der Waals surface area contributed by atoms with Gasteiger partial charge in [-0.15, -0.1) is 0 Å². The number of fused-ring (bicyclic) bond motifs is 1. The highest BCUT2D eigenvalue weighted by molar-refractivity contribution is 5.92. The van der Waals surface area contributed by atoms with E-state index in [1.165, 1.54) is 10.9 Å². The zero-order valence-electron chi connectivity index (χ0n) is 22.3. The van der Waals surface area contributed by atoms with Gasteiger partial charge in [0, 0.05) is 6.07 Å². The fourth-order valence-corrected chi connectivity index (χ4v) is 4.72. The second kappa shape index (κ2) is 10.1. The molecule has 0 atom stereocenters. The Kier molecular flexibility index (Phi) is 6.31. The standard InChI is InChI=1S/C31H27N7O2/c1-19-8-7-11-26(21(19)3)37-29-25(18-32-37)30(40)35-31(34-29)38-27(16-20(2)36-38)33-28(39)17-22-12-14-24(15-13-22)23-9-5-4-6-10-23/h4-16,18H,17H2,1-3H3,(H,33,39)(H,34,35,40). The molecule has 3 aromatic heterocycles. The maximum atomic E-state index is 13.0. The minimum absolute atomic E-state index is 0.181. The summed E-state index contributed by atoms with van der Waals surface area (Å²) in [5.74, 6) is 0.376. The predicted octanol–water partition coefficient (Wildman–Crippen LogP) is 5.07. The van der Waals surface area contributed by atoms with Gasteiger partial charge in [-0.1, -0.05) is 66.7 Å². The quantitative estimate of drug-likeness (QED) is 0.313. The molecule has 0 aliphatic heterocycles. The number of H-pyrrole nitrogens is 1. The lowest BCUT2D eigenvalue weighted by Gasteiger charge is -2.11. The zero-order chi connectivity index (χ0) is 27.8. The number of carbonyl (C=O) groups excluding carboxylic acids is 1. The second-order valence-corrected chi connectivity index (χ2v) is 9.77. The third kappa shape index (κ3) is 4.69. The Hall–Kier alpha value is -5.31. The molecule has 9 heteroatoms. The molecule has 0 aliphatic carbocycles. The molecule has 0 aliphatic rings. The summed E-state index contributed by atoms with van der Waals surface area (Å²) in [6.07, 6.45) is 1.69. The molecule has 6 rings (SSSR count). The van der Waals surface area contributed by atoms with E-state index in [0.717, 1.165) is 33.5 Å². The number of hydrogen-bond donors (Lipinski definition) is 2. The molecule has 0 saturated carbocycles. The van der Waals surface area contributed by atoms with Gasteiger partial charge in [0.05, 0.1) is 24.0 Å². The largest absolute Gasteiger partial charge is 0.310 e. The van der Waals surface area contributed by atoms with Crippen LogP contribution in [-0.4, -0.2) is 35.4 Å². The highest BCUT2D eigenvalue weighted by Crippen LogP contribution is 2.22. The van der Waals surface area contributed by atoms with E-state index in [9.17, 15) is 9.59 Å². The van der Waals surface area contributed by atoms with Crippen LogP contribution in [0, 0.1) is 20.8 Å². The Morgan fingerprint density at radius 3 is 2.42 bits per heavy atom. The van der Waals surface area contributed by atoms with E-state index in [1.807, 2.05) is 81.4 Å². The molecular weight excluding hydrogens is 502 g/mol. The van der Waals surface area contributed by atoms with Crippen LogP contribution in [0.2, 0.25) is 0 Å². The Morgan fingerprint density at radius 2 is 1.65 bits per heavy atom. The first-order valence-corrected chi connectivity index (χ1v) is 12.9. The van der Waals surface area contributed by atoms with Gasteiger partial charge in [-0.2, -0.15) is 19.9 Å². The Labute approximate surface area is 230 Å². The van der Waals surface area contributed by atoms with E-state index in [1.54, 1.807) is 10.7 Å². The molecule has 198 valence electrons. The summed E-state index contributed by atoms with van der Waals surface area (Å²) in [4.78, 5) is 33.5. The van der Waals surface area contributed by atoms with Crippen molar-refractivity contribution in [3.63, 3.8) is 0 Å². The van der Waals surface area contributed by atoms with Gasteiger partial charge in [-0.3, -0.25) is 14.6 Å². The Bertz CT molecular complexity index is 1920. The number of benzene rings is 3. The number of nitrogens with zero attached hydrogens (tertiary/aromatic N) is 5. The Morgan fingerprint density at radius 1 is 0.900 bits per heavy atom. The van der Waals surface area contributed by atoms with Crippen molar-refractivity contribution in [3.8, 4) is 22.8 Å². The first-order chi connectivity index (χ1) is 19.4. The maximum absolute atomic E-state index is 13.0. The van der Waals surface area contributed by atoms with Gasteiger partial charge in [-0.05, 0) is 54.7 Å². The molecular formula is C31H27N7O2. The SMILES string of the molecule is Cc1cc(NC(=O)Cc2ccc(-c3ccccc3)cc2)n(-c2nc3c(cnn3-c3cccc(C)c3C)c(=O)[nH]2)n1. The summed E-state index contributed by atoms with van der Waals surface area (Å²) in [6.45, 7) is 5.84. The molecule has 1 amide bonds. The highest BCUT2D eigenvalue weighted by Gasteiger charge is 2.18. The lowest BCUT2D eigenvalue weighted by molar-refractivity contribution is -0.115. The minimum Gasteiger partial charge on any atom is -0.310 e. The van der Waals surface area contributed by atoms with Crippen LogP contribution < -0.4 is 10.9 Å². The van der Waals surface area contributed by atoms with Crippen molar-refractivity contribution in [1.29, 1.82) is 0 Å². The lowest BCUT2D eigenvalue weighted by Crippen LogP contribution is -2.20. The summed E-state index contributed by atoms with van der Waals surface area (Å²) in [5, 5.41) is 12.2. The number of aromatic nitrogens is 6. The van der Waals surface area contributed by atoms with E-state index in [4.69, 9.17) is 4.98 Å². The van der Waals surface area contributed by atoms with Crippen molar-refractivity contribution in [2.45, 2.75) is 27.2 Å². The monoisotopic (exact) mass is 529 g/mol. The molecule has 9 nitrogen and oxygen atoms in total. The summed E-state index contributed by atoms with van der Waals surface area (Å²) in [6, 6.07) is 25.6. The van der Waals surface area contributed by atoms with Crippen LogP contribution in [0.25, 0.3) is 33.8 Å². The number of amides is 1. The van der Waals surface area contributed by atoms with Gasteiger partial charge >= 0.3 is 0 Å². The van der Waals surface area contributed by atoms with Crippen molar-refractivity contribution < 1.29 is 4.79 Å². The minimum atomic E-state index is -0.347. The van der Waals surface area contributed by atoms with Crippen molar-refractivity contribution in [1.82, 2.24) is 29.5 Å². The molecule has 2 N–H and O–H groups in total. The summed E-state index contributed by atoms with van der Waals surface area (Å²) >= 11 is 0. The van der Waals surface area contributed by atoms with Crippen LogP contribution in [0.5, 0.6) is 0 Å². The first-order valence-electron chi connectivity index (χ1n) is 12.9. The number of aryl methyl sites for hydroxylation is 2. The van der Waals surface area contributed by atoms with Crippen LogP contribution >= 0.6 is 0 Å². The summed E-state index contributed by atoms with van der Waals surface area (Å²) in [5.41, 5.74) is 6.78. The van der Waals surface area contributed by atoms with Crippen LogP contribution in [0.3, 0.4) is 0 Å². The number of nitrogens with one attached hydrogen (secondary N) is 2. The molecule has 0 spiro atoms. The van der Waals surface area contributed by atoms with Crippen molar-refractivity contribution in [3.05, 3.63) is 118 Å². The highest BCUT2D eigenvalue weighted by atomic mass is 16.1. The molecule has 0 radical (unpaired) electrons. The van der Waals surface area contributed by atoms with Gasteiger partial charge in [0.25, 0.3) is 5.56 Å². The molecule has 6 aromatic rings. The summed E-state index contributed by atoms with van der Waals surface area (Å²) < 4.78 is 3.09. The number of aromatic amines is 1. The van der Waals surface area contributed by atoms with E-state index in [2.05, 4.69) is 32.6 Å². The third-order valence-corrected chi connectivity index (χ3v) is 6.96. The van der Waals surface area contributed by atoms with Crippen LogP contribution in [-0.2, 0) is 11.2 Å². The van der Waals surface area contributed by atoms with Crippen LogP contribution in [0.4, 0.5) is 5.82 Å². The molecule has 3 aromatic carbocycles. The molecule has 0 fully saturated rings. The average molecular weight is 530 g/mol. The van der Waals surface area contributed by atoms with Crippen LogP contribution in [0.15, 0.2) is 89.9 Å². The van der Waals surface area contributed by atoms with Gasteiger partial charge in [-0.25, -0.2) is 4.68 Å². The second-order valence-electron chi connectivity index (χ2n) is 9.77. The van der Waals surface area contributed by atoms with E-state index >= 15 is 0 Å². The van der Waals surface area contributed by atoms with Crippen LogP contribution in [0.1, 0.15) is 22.4 Å². The first kappa shape index (κ1) is 25.0. The number of anilines is 1. The number of carbonyl (C=O) groups is 1. The molecule has 40 heavy (non-hydrogen) atoms. The lowest BCUT2D eigenvalue weighted by atomic mass is 10.0. The van der Waals surface area contributed by atoms with Gasteiger partial charge in [0.1, 0.15) is 11.2 Å². The fraction of sp³-hybridized carbons (Fsp3) is 0.129. The molecule has 0 bridgehead atoms. The fourth-order valence-electron chi connectivity index (χ4n) is 4.72. The smallest absolute Gasteiger partial charge is 0.263 e. The van der Waals surface area contributed by atoms with E-state index in [0.29, 0.717) is 22.5 Å². The van der Waals surface area contributed by atoms with Gasteiger partial charge in [0.2, 0.25) is 11.9 Å². The molecule has 3 heterocycles. The van der Waals surface area contributed by atoms with E-state index < -0.39 is 0 Å². The van der Waals surface area contributed by atoms with Crippen molar-refractivity contribution >= 4 is 22.8 Å². The molecule has 0 unspecified atom stereocenters. The normalized spacial score (nSPS) is 11.2. The van der Waals surface area contributed by atoms with Gasteiger partial charge in [0.15, 0.2) is 5.65 Å². The van der Waals surface area contributed by atoms with E-state index in [-0.39, 0.29) is 23.8 Å². The maximum Gasteiger partial charge on any atom is 0.263 e. The predicted molar refractivity (Wildman–Crippen MR) is 155 cm³/mol. The summed E-state index contributed by atoms with van der Waals surface area (Å²) in [7, 11) is 0. The topological polar surface area (TPSA) is 110 Å². The molecule has 0 saturated heterocycles. The third-order valence-electron chi connectivity index (χ3n) is 6.96. The average Bonchev–Trinajstić information content (AvgIpc) is 3.54. The Balaban J connectivity index is 1.29. The zero-order valence-corrected chi connectivity index (χ0v) is 22.3.